The summed E-state index contributed by atoms with van der Waals surface area (Å²) in [5.74, 6) is 0.545. The van der Waals surface area contributed by atoms with Gasteiger partial charge in [-0.05, 0) is 50.1 Å². The number of halogens is 2. The summed E-state index contributed by atoms with van der Waals surface area (Å²) in [6, 6.07) is 5.94. The van der Waals surface area contributed by atoms with E-state index in [9.17, 15) is 9.18 Å². The van der Waals surface area contributed by atoms with E-state index in [1.807, 2.05) is 7.05 Å². The summed E-state index contributed by atoms with van der Waals surface area (Å²) in [5.41, 5.74) is 0. The third-order valence-electron chi connectivity index (χ3n) is 3.70. The number of carbonyl (C=O) groups is 1. The van der Waals surface area contributed by atoms with Gasteiger partial charge in [-0.2, -0.15) is 0 Å². The van der Waals surface area contributed by atoms with Crippen LogP contribution in [-0.4, -0.2) is 43.6 Å². The summed E-state index contributed by atoms with van der Waals surface area (Å²) in [6.07, 6.45) is 3.95. The Morgan fingerprint density at radius 3 is 2.73 bits per heavy atom. The van der Waals surface area contributed by atoms with E-state index >= 15 is 0 Å². The monoisotopic (exact) mass is 330 g/mol. The molecule has 1 atom stereocenters. The second kappa shape index (κ2) is 9.64. The zero-order chi connectivity index (χ0) is 15.1. The molecule has 0 spiro atoms. The van der Waals surface area contributed by atoms with Gasteiger partial charge in [-0.25, -0.2) is 4.39 Å². The SMILES string of the molecule is CN(CCCOc1ccc(F)cc1)C(=O)C1CCCCN1.Cl. The molecule has 1 amide bonds. The third kappa shape index (κ3) is 5.81. The van der Waals surface area contributed by atoms with Gasteiger partial charge in [0.2, 0.25) is 5.91 Å². The molecule has 22 heavy (non-hydrogen) atoms. The molecule has 0 radical (unpaired) electrons. The highest BCUT2D eigenvalue weighted by Crippen LogP contribution is 2.12. The second-order valence-corrected chi connectivity index (χ2v) is 5.42. The largest absolute Gasteiger partial charge is 0.494 e. The number of nitrogens with zero attached hydrogens (tertiary/aromatic N) is 1. The minimum Gasteiger partial charge on any atom is -0.494 e. The van der Waals surface area contributed by atoms with E-state index in [1.165, 1.54) is 12.1 Å². The van der Waals surface area contributed by atoms with Crippen LogP contribution in [0.1, 0.15) is 25.7 Å². The molecule has 1 heterocycles. The number of hydrogen-bond acceptors (Lipinski definition) is 3. The maximum Gasteiger partial charge on any atom is 0.239 e. The topological polar surface area (TPSA) is 41.6 Å². The number of hydrogen-bond donors (Lipinski definition) is 1. The summed E-state index contributed by atoms with van der Waals surface area (Å²) in [6.45, 7) is 2.11. The molecule has 1 N–H and O–H groups in total. The van der Waals surface area contributed by atoms with Crippen LogP contribution in [0.25, 0.3) is 0 Å². The van der Waals surface area contributed by atoms with Crippen molar-refractivity contribution in [2.24, 2.45) is 0 Å². The van der Waals surface area contributed by atoms with Crippen LogP contribution in [-0.2, 0) is 4.79 Å². The van der Waals surface area contributed by atoms with Gasteiger partial charge in [-0.15, -0.1) is 12.4 Å². The predicted molar refractivity (Wildman–Crippen MR) is 87.0 cm³/mol. The van der Waals surface area contributed by atoms with Crippen LogP contribution in [0.2, 0.25) is 0 Å². The van der Waals surface area contributed by atoms with Crippen molar-refractivity contribution in [3.63, 3.8) is 0 Å². The van der Waals surface area contributed by atoms with Crippen molar-refractivity contribution in [3.8, 4) is 5.75 Å². The fourth-order valence-corrected chi connectivity index (χ4v) is 2.46. The van der Waals surface area contributed by atoms with Gasteiger partial charge in [-0.3, -0.25) is 4.79 Å². The van der Waals surface area contributed by atoms with E-state index in [0.29, 0.717) is 18.9 Å². The molecule has 4 nitrogen and oxygen atoms in total. The molecular formula is C16H24ClFN2O2. The predicted octanol–water partition coefficient (Wildman–Crippen LogP) is 2.62. The highest BCUT2D eigenvalue weighted by molar-refractivity contribution is 5.85. The molecule has 0 saturated carbocycles. The minimum atomic E-state index is -0.271. The lowest BCUT2D eigenvalue weighted by Crippen LogP contribution is -2.47. The Morgan fingerprint density at radius 1 is 1.36 bits per heavy atom. The lowest BCUT2D eigenvalue weighted by molar-refractivity contribution is -0.132. The van der Waals surface area contributed by atoms with Crippen LogP contribution in [0.3, 0.4) is 0 Å². The van der Waals surface area contributed by atoms with Crippen molar-refractivity contribution >= 4 is 18.3 Å². The van der Waals surface area contributed by atoms with Crippen molar-refractivity contribution in [1.82, 2.24) is 10.2 Å². The van der Waals surface area contributed by atoms with Crippen molar-refractivity contribution in [2.75, 3.05) is 26.7 Å². The van der Waals surface area contributed by atoms with E-state index in [0.717, 1.165) is 32.2 Å². The third-order valence-corrected chi connectivity index (χ3v) is 3.70. The first kappa shape index (κ1) is 18.7. The molecule has 0 bridgehead atoms. The lowest BCUT2D eigenvalue weighted by atomic mass is 10.0. The van der Waals surface area contributed by atoms with Gasteiger partial charge in [0.25, 0.3) is 0 Å². The van der Waals surface area contributed by atoms with E-state index < -0.39 is 0 Å². The van der Waals surface area contributed by atoms with Crippen LogP contribution in [0.5, 0.6) is 5.75 Å². The average Bonchev–Trinajstić information content (AvgIpc) is 2.53. The maximum atomic E-state index is 12.7. The molecule has 0 aliphatic carbocycles. The number of amides is 1. The van der Waals surface area contributed by atoms with Crippen LogP contribution in [0.15, 0.2) is 24.3 Å². The Balaban J connectivity index is 0.00000242. The maximum absolute atomic E-state index is 12.7. The zero-order valence-corrected chi connectivity index (χ0v) is 13.7. The number of ether oxygens (including phenoxy) is 1. The molecular weight excluding hydrogens is 307 g/mol. The van der Waals surface area contributed by atoms with Crippen LogP contribution >= 0.6 is 12.4 Å². The van der Waals surface area contributed by atoms with Crippen molar-refractivity contribution in [2.45, 2.75) is 31.7 Å². The summed E-state index contributed by atoms with van der Waals surface area (Å²) in [4.78, 5) is 13.9. The Labute approximate surface area is 137 Å². The lowest BCUT2D eigenvalue weighted by Gasteiger charge is -2.27. The molecule has 1 aromatic carbocycles. The Bertz CT molecular complexity index is 450. The first-order chi connectivity index (χ1) is 10.2. The fraction of sp³-hybridized carbons (Fsp3) is 0.562. The number of rotatable bonds is 6. The first-order valence-electron chi connectivity index (χ1n) is 7.53. The van der Waals surface area contributed by atoms with Crippen LogP contribution in [0, 0.1) is 5.82 Å². The molecule has 6 heteroatoms. The number of piperidine rings is 1. The van der Waals surface area contributed by atoms with E-state index in [2.05, 4.69) is 5.32 Å². The molecule has 1 unspecified atom stereocenters. The molecule has 2 rings (SSSR count). The van der Waals surface area contributed by atoms with Crippen molar-refractivity contribution < 1.29 is 13.9 Å². The van der Waals surface area contributed by atoms with Crippen LogP contribution < -0.4 is 10.1 Å². The minimum absolute atomic E-state index is 0. The number of benzene rings is 1. The molecule has 0 aromatic heterocycles. The Morgan fingerprint density at radius 2 is 2.09 bits per heavy atom. The average molecular weight is 331 g/mol. The smallest absolute Gasteiger partial charge is 0.239 e. The van der Waals surface area contributed by atoms with E-state index in [1.54, 1.807) is 17.0 Å². The number of likely N-dealkylation sites (N-methyl/N-ethyl adjacent to an activating group) is 1. The summed E-state index contributed by atoms with van der Waals surface area (Å²) >= 11 is 0. The van der Waals surface area contributed by atoms with Gasteiger partial charge in [0.05, 0.1) is 12.6 Å². The second-order valence-electron chi connectivity index (χ2n) is 5.42. The van der Waals surface area contributed by atoms with E-state index in [-0.39, 0.29) is 30.2 Å². The summed E-state index contributed by atoms with van der Waals surface area (Å²) in [7, 11) is 1.83. The zero-order valence-electron chi connectivity index (χ0n) is 12.9. The summed E-state index contributed by atoms with van der Waals surface area (Å²) in [5, 5.41) is 3.26. The van der Waals surface area contributed by atoms with Gasteiger partial charge in [0.1, 0.15) is 11.6 Å². The number of nitrogens with one attached hydrogen (secondary N) is 1. The van der Waals surface area contributed by atoms with Crippen molar-refractivity contribution in [3.05, 3.63) is 30.1 Å². The molecule has 1 fully saturated rings. The van der Waals surface area contributed by atoms with Crippen LogP contribution in [0.4, 0.5) is 4.39 Å². The highest BCUT2D eigenvalue weighted by Gasteiger charge is 2.23. The van der Waals surface area contributed by atoms with Gasteiger partial charge in [-0.1, -0.05) is 6.42 Å². The Hall–Kier alpha value is -1.33. The quantitative estimate of drug-likeness (QED) is 0.815. The number of carbonyl (C=O) groups excluding carboxylic acids is 1. The summed E-state index contributed by atoms with van der Waals surface area (Å²) < 4.78 is 18.3. The highest BCUT2D eigenvalue weighted by atomic mass is 35.5. The van der Waals surface area contributed by atoms with Gasteiger partial charge >= 0.3 is 0 Å². The molecule has 1 aliphatic heterocycles. The van der Waals surface area contributed by atoms with Gasteiger partial charge < -0.3 is 15.0 Å². The molecule has 1 saturated heterocycles. The van der Waals surface area contributed by atoms with E-state index in [4.69, 9.17) is 4.74 Å². The fourth-order valence-electron chi connectivity index (χ4n) is 2.46. The standard InChI is InChI=1S/C16H23FN2O2.ClH/c1-19(16(20)15-5-2-3-10-18-15)11-4-12-21-14-8-6-13(17)7-9-14;/h6-9,15,18H,2-5,10-12H2,1H3;1H. The molecule has 124 valence electrons. The Kier molecular flexibility index (Phi) is 8.20. The van der Waals surface area contributed by atoms with Gasteiger partial charge in [0, 0.05) is 13.6 Å². The van der Waals surface area contributed by atoms with Crippen molar-refractivity contribution in [1.29, 1.82) is 0 Å². The molecule has 1 aliphatic rings. The first-order valence-corrected chi connectivity index (χ1v) is 7.53. The normalized spacial score (nSPS) is 17.5. The van der Waals surface area contributed by atoms with Gasteiger partial charge in [0.15, 0.2) is 0 Å². The molecule has 1 aromatic rings.